The standard InChI is InChI=1S/C20H24N2O4/c1-15(13-23)21-19(24)18(12-16-8-4-2-5-9-16)22-20(25)26-14-17-10-6-3-7-11-17/h2-11,15,18,23H,12-14H2,1H3,(H,21,24)(H,22,25)/t15-,18+/m0/s1. The maximum Gasteiger partial charge on any atom is 0.408 e. The molecule has 0 aliphatic carbocycles. The first-order chi connectivity index (χ1) is 12.6. The Bertz CT molecular complexity index is 691. The number of rotatable bonds is 8. The summed E-state index contributed by atoms with van der Waals surface area (Å²) in [6, 6.07) is 17.5. The van der Waals surface area contributed by atoms with Gasteiger partial charge >= 0.3 is 6.09 Å². The van der Waals surface area contributed by atoms with Gasteiger partial charge in [-0.2, -0.15) is 0 Å². The minimum Gasteiger partial charge on any atom is -0.445 e. The van der Waals surface area contributed by atoms with Crippen molar-refractivity contribution < 1.29 is 19.4 Å². The third kappa shape index (κ3) is 6.57. The van der Waals surface area contributed by atoms with E-state index in [0.717, 1.165) is 11.1 Å². The van der Waals surface area contributed by atoms with Gasteiger partial charge in [-0.25, -0.2) is 4.79 Å². The van der Waals surface area contributed by atoms with E-state index in [1.165, 1.54) is 0 Å². The molecule has 26 heavy (non-hydrogen) atoms. The topological polar surface area (TPSA) is 87.7 Å². The van der Waals surface area contributed by atoms with E-state index in [9.17, 15) is 9.59 Å². The zero-order valence-corrected chi connectivity index (χ0v) is 14.7. The fraction of sp³-hybridized carbons (Fsp3) is 0.300. The van der Waals surface area contributed by atoms with Crippen LogP contribution in [0, 0.1) is 0 Å². The zero-order valence-electron chi connectivity index (χ0n) is 14.7. The molecule has 2 aromatic carbocycles. The maximum absolute atomic E-state index is 12.4. The molecule has 0 saturated heterocycles. The summed E-state index contributed by atoms with van der Waals surface area (Å²) in [5.74, 6) is -0.368. The lowest BCUT2D eigenvalue weighted by atomic mass is 10.1. The molecule has 2 atom stereocenters. The smallest absolute Gasteiger partial charge is 0.408 e. The van der Waals surface area contributed by atoms with Crippen LogP contribution in [0.5, 0.6) is 0 Å². The molecule has 0 heterocycles. The summed E-state index contributed by atoms with van der Waals surface area (Å²) in [7, 11) is 0. The second-order valence-corrected chi connectivity index (χ2v) is 6.04. The van der Waals surface area contributed by atoms with Crippen LogP contribution >= 0.6 is 0 Å². The van der Waals surface area contributed by atoms with Gasteiger partial charge in [0.1, 0.15) is 12.6 Å². The number of hydrogen-bond donors (Lipinski definition) is 3. The molecule has 0 aliphatic rings. The molecule has 3 N–H and O–H groups in total. The molecule has 138 valence electrons. The molecule has 0 aromatic heterocycles. The van der Waals surface area contributed by atoms with Crippen molar-refractivity contribution in [2.45, 2.75) is 32.0 Å². The normalized spacial score (nSPS) is 12.7. The summed E-state index contributed by atoms with van der Waals surface area (Å²) in [5, 5.41) is 14.4. The van der Waals surface area contributed by atoms with Crippen molar-refractivity contribution in [3.05, 3.63) is 71.8 Å². The molecular weight excluding hydrogens is 332 g/mol. The molecule has 0 saturated carbocycles. The van der Waals surface area contributed by atoms with Crippen LogP contribution in [0.3, 0.4) is 0 Å². The molecule has 0 fully saturated rings. The van der Waals surface area contributed by atoms with Crippen molar-refractivity contribution >= 4 is 12.0 Å². The van der Waals surface area contributed by atoms with E-state index >= 15 is 0 Å². The number of carbonyl (C=O) groups excluding carboxylic acids is 2. The van der Waals surface area contributed by atoms with Gasteiger partial charge in [-0.1, -0.05) is 60.7 Å². The van der Waals surface area contributed by atoms with E-state index in [2.05, 4.69) is 10.6 Å². The van der Waals surface area contributed by atoms with Crippen LogP contribution in [0.1, 0.15) is 18.1 Å². The molecular formula is C20H24N2O4. The molecule has 0 spiro atoms. The van der Waals surface area contributed by atoms with Crippen LogP contribution in [-0.4, -0.2) is 35.8 Å². The van der Waals surface area contributed by atoms with Crippen LogP contribution in [0.25, 0.3) is 0 Å². The molecule has 6 nitrogen and oxygen atoms in total. The van der Waals surface area contributed by atoms with Gasteiger partial charge in [-0.3, -0.25) is 4.79 Å². The molecule has 2 amide bonds. The van der Waals surface area contributed by atoms with Gasteiger partial charge in [0.2, 0.25) is 5.91 Å². The Kier molecular flexibility index (Phi) is 7.64. The number of benzene rings is 2. The van der Waals surface area contributed by atoms with Gasteiger partial charge in [0.15, 0.2) is 0 Å². The van der Waals surface area contributed by atoms with Crippen molar-refractivity contribution in [2.24, 2.45) is 0 Å². The highest BCUT2D eigenvalue weighted by Crippen LogP contribution is 2.05. The highest BCUT2D eigenvalue weighted by molar-refractivity contribution is 5.86. The lowest BCUT2D eigenvalue weighted by Gasteiger charge is -2.20. The number of ether oxygens (including phenoxy) is 1. The van der Waals surface area contributed by atoms with E-state index < -0.39 is 18.2 Å². The fourth-order valence-electron chi connectivity index (χ4n) is 2.36. The first kappa shape index (κ1) is 19.5. The molecule has 2 rings (SSSR count). The first-order valence-electron chi connectivity index (χ1n) is 8.51. The van der Waals surface area contributed by atoms with Crippen LogP contribution < -0.4 is 10.6 Å². The quantitative estimate of drug-likeness (QED) is 0.675. The van der Waals surface area contributed by atoms with Crippen molar-refractivity contribution in [3.63, 3.8) is 0 Å². The number of hydrogen-bond acceptors (Lipinski definition) is 4. The molecule has 2 aromatic rings. The number of aliphatic hydroxyl groups is 1. The maximum atomic E-state index is 12.4. The number of nitrogens with one attached hydrogen (secondary N) is 2. The van der Waals surface area contributed by atoms with Crippen molar-refractivity contribution in [3.8, 4) is 0 Å². The van der Waals surface area contributed by atoms with E-state index in [-0.39, 0.29) is 19.1 Å². The number of alkyl carbamates (subject to hydrolysis) is 1. The lowest BCUT2D eigenvalue weighted by Crippen LogP contribution is -2.50. The van der Waals surface area contributed by atoms with Gasteiger partial charge in [0.25, 0.3) is 0 Å². The summed E-state index contributed by atoms with van der Waals surface area (Å²) < 4.78 is 5.20. The minimum absolute atomic E-state index is 0.124. The Morgan fingerprint density at radius 3 is 2.12 bits per heavy atom. The average Bonchev–Trinajstić information content (AvgIpc) is 2.67. The largest absolute Gasteiger partial charge is 0.445 e. The predicted octanol–water partition coefficient (Wildman–Crippen LogP) is 2.02. The summed E-state index contributed by atoms with van der Waals surface area (Å²) in [5.41, 5.74) is 1.77. The summed E-state index contributed by atoms with van der Waals surface area (Å²) in [6.07, 6.45) is -0.341. The van der Waals surface area contributed by atoms with E-state index in [1.807, 2.05) is 60.7 Å². The first-order valence-corrected chi connectivity index (χ1v) is 8.51. The Labute approximate surface area is 153 Å². The lowest BCUT2D eigenvalue weighted by molar-refractivity contribution is -0.123. The van der Waals surface area contributed by atoms with Crippen molar-refractivity contribution in [2.75, 3.05) is 6.61 Å². The number of amides is 2. The van der Waals surface area contributed by atoms with Crippen LogP contribution in [0.4, 0.5) is 4.79 Å². The number of aliphatic hydroxyl groups excluding tert-OH is 1. The third-order valence-electron chi connectivity index (χ3n) is 3.77. The SMILES string of the molecule is C[C@@H](CO)NC(=O)[C@@H](Cc1ccccc1)NC(=O)OCc1ccccc1. The van der Waals surface area contributed by atoms with Crippen LogP contribution in [-0.2, 0) is 22.6 Å². The van der Waals surface area contributed by atoms with E-state index in [4.69, 9.17) is 9.84 Å². The van der Waals surface area contributed by atoms with E-state index in [1.54, 1.807) is 6.92 Å². The summed E-state index contributed by atoms with van der Waals surface area (Å²) >= 11 is 0. The zero-order chi connectivity index (χ0) is 18.8. The second kappa shape index (κ2) is 10.2. The second-order valence-electron chi connectivity index (χ2n) is 6.04. The molecule has 0 aliphatic heterocycles. The monoisotopic (exact) mass is 356 g/mol. The molecule has 0 unspecified atom stereocenters. The Hall–Kier alpha value is -2.86. The number of carbonyl (C=O) groups is 2. The predicted molar refractivity (Wildman–Crippen MR) is 98.4 cm³/mol. The summed E-state index contributed by atoms with van der Waals surface area (Å²) in [4.78, 5) is 24.5. The average molecular weight is 356 g/mol. The minimum atomic E-state index is -0.797. The van der Waals surface area contributed by atoms with Gasteiger partial charge in [0, 0.05) is 12.5 Å². The molecule has 0 radical (unpaired) electrons. The van der Waals surface area contributed by atoms with Crippen LogP contribution in [0.15, 0.2) is 60.7 Å². The summed E-state index contributed by atoms with van der Waals surface area (Å²) in [6.45, 7) is 1.63. The van der Waals surface area contributed by atoms with Gasteiger partial charge in [-0.05, 0) is 18.1 Å². The van der Waals surface area contributed by atoms with Crippen LogP contribution in [0.2, 0.25) is 0 Å². The Morgan fingerprint density at radius 1 is 0.962 bits per heavy atom. The van der Waals surface area contributed by atoms with Crippen molar-refractivity contribution in [1.82, 2.24) is 10.6 Å². The highest BCUT2D eigenvalue weighted by Gasteiger charge is 2.23. The van der Waals surface area contributed by atoms with Gasteiger partial charge < -0.3 is 20.5 Å². The van der Waals surface area contributed by atoms with Gasteiger partial charge in [0.05, 0.1) is 6.61 Å². The molecule has 6 heteroatoms. The van der Waals surface area contributed by atoms with Crippen molar-refractivity contribution in [1.29, 1.82) is 0 Å². The highest BCUT2D eigenvalue weighted by atomic mass is 16.5. The Morgan fingerprint density at radius 2 is 1.54 bits per heavy atom. The molecule has 0 bridgehead atoms. The Balaban J connectivity index is 1.97. The third-order valence-corrected chi connectivity index (χ3v) is 3.77. The fourth-order valence-corrected chi connectivity index (χ4v) is 2.36. The van der Waals surface area contributed by atoms with Gasteiger partial charge in [-0.15, -0.1) is 0 Å². The van der Waals surface area contributed by atoms with E-state index in [0.29, 0.717) is 6.42 Å².